The van der Waals surface area contributed by atoms with Crippen LogP contribution < -0.4 is 10.0 Å². The first-order valence-corrected chi connectivity index (χ1v) is 10.5. The van der Waals surface area contributed by atoms with E-state index in [2.05, 4.69) is 30.1 Å². The Bertz CT molecular complexity index is 363. The summed E-state index contributed by atoms with van der Waals surface area (Å²) in [6, 6.07) is 0.410. The topological polar surface area (TPSA) is 58.2 Å². The van der Waals surface area contributed by atoms with Gasteiger partial charge >= 0.3 is 0 Å². The lowest BCUT2D eigenvalue weighted by Gasteiger charge is -2.35. The van der Waals surface area contributed by atoms with Gasteiger partial charge in [-0.25, -0.2) is 13.1 Å². The van der Waals surface area contributed by atoms with E-state index in [-0.39, 0.29) is 10.5 Å². The van der Waals surface area contributed by atoms with Crippen molar-refractivity contribution in [1.82, 2.24) is 10.0 Å². The van der Waals surface area contributed by atoms with E-state index < -0.39 is 10.0 Å². The second kappa shape index (κ2) is 8.61. The number of hydrogen-bond acceptors (Lipinski definition) is 4. The van der Waals surface area contributed by atoms with Crippen molar-refractivity contribution in [3.8, 4) is 0 Å². The zero-order valence-electron chi connectivity index (χ0n) is 13.1. The molecule has 6 heteroatoms. The lowest BCUT2D eigenvalue weighted by Crippen LogP contribution is -2.42. The van der Waals surface area contributed by atoms with Gasteiger partial charge in [-0.1, -0.05) is 33.1 Å². The molecule has 120 valence electrons. The molecule has 0 amide bonds. The highest BCUT2D eigenvalue weighted by molar-refractivity contribution is 8.00. The zero-order chi connectivity index (χ0) is 15.1. The Kier molecular flexibility index (Phi) is 7.87. The number of thioether (sulfide) groups is 1. The van der Waals surface area contributed by atoms with Crippen LogP contribution in [0.25, 0.3) is 0 Å². The highest BCUT2D eigenvalue weighted by atomic mass is 32.2. The summed E-state index contributed by atoms with van der Waals surface area (Å²) in [5, 5.41) is 3.25. The summed E-state index contributed by atoms with van der Waals surface area (Å²) in [6.07, 6.45) is 8.76. The minimum absolute atomic E-state index is 0.126. The monoisotopic (exact) mass is 322 g/mol. The molecular formula is C14H30N2O2S2. The molecule has 0 radical (unpaired) electrons. The average Bonchev–Trinajstić information content (AvgIpc) is 2.43. The van der Waals surface area contributed by atoms with Gasteiger partial charge in [-0.05, 0) is 32.1 Å². The molecule has 0 aliphatic heterocycles. The van der Waals surface area contributed by atoms with Crippen molar-refractivity contribution in [1.29, 1.82) is 0 Å². The zero-order valence-corrected chi connectivity index (χ0v) is 14.7. The average molecular weight is 323 g/mol. The third kappa shape index (κ3) is 6.78. The minimum atomic E-state index is -3.13. The van der Waals surface area contributed by atoms with Gasteiger partial charge in [0.2, 0.25) is 10.0 Å². The SMILES string of the molecule is CSC1(CNS(=O)(=O)CCCNC(C)C)CCCCC1. The molecule has 20 heavy (non-hydrogen) atoms. The van der Waals surface area contributed by atoms with E-state index in [0.717, 1.165) is 19.4 Å². The molecular weight excluding hydrogens is 292 g/mol. The molecule has 1 aliphatic rings. The normalized spacial score (nSPS) is 19.4. The number of nitrogens with one attached hydrogen (secondary N) is 2. The Hall–Kier alpha value is 0.220. The van der Waals surface area contributed by atoms with Gasteiger partial charge in [0.05, 0.1) is 5.75 Å². The summed E-state index contributed by atoms with van der Waals surface area (Å²) >= 11 is 1.83. The van der Waals surface area contributed by atoms with Crippen LogP contribution in [-0.4, -0.2) is 44.3 Å². The van der Waals surface area contributed by atoms with Gasteiger partial charge in [0.15, 0.2) is 0 Å². The molecule has 0 atom stereocenters. The molecule has 0 saturated heterocycles. The van der Waals surface area contributed by atoms with E-state index in [0.29, 0.717) is 19.0 Å². The van der Waals surface area contributed by atoms with Crippen LogP contribution in [0, 0.1) is 0 Å². The fourth-order valence-electron chi connectivity index (χ4n) is 2.62. The molecule has 0 aromatic heterocycles. The number of sulfonamides is 1. The van der Waals surface area contributed by atoms with Gasteiger partial charge in [-0.3, -0.25) is 0 Å². The Morgan fingerprint density at radius 3 is 2.40 bits per heavy atom. The van der Waals surface area contributed by atoms with Crippen molar-refractivity contribution in [3.63, 3.8) is 0 Å². The van der Waals surface area contributed by atoms with Gasteiger partial charge in [-0.2, -0.15) is 11.8 Å². The Balaban J connectivity index is 2.34. The van der Waals surface area contributed by atoms with Crippen molar-refractivity contribution >= 4 is 21.8 Å². The molecule has 0 heterocycles. The van der Waals surface area contributed by atoms with Gasteiger partial charge in [-0.15, -0.1) is 0 Å². The van der Waals surface area contributed by atoms with Crippen LogP contribution in [-0.2, 0) is 10.0 Å². The number of rotatable bonds is 9. The molecule has 0 aromatic carbocycles. The summed E-state index contributed by atoms with van der Waals surface area (Å²) in [7, 11) is -3.13. The van der Waals surface area contributed by atoms with E-state index in [1.807, 2.05) is 11.8 Å². The van der Waals surface area contributed by atoms with Gasteiger partial charge in [0.25, 0.3) is 0 Å². The van der Waals surface area contributed by atoms with E-state index in [4.69, 9.17) is 0 Å². The van der Waals surface area contributed by atoms with Crippen LogP contribution in [0.1, 0.15) is 52.4 Å². The number of hydrogen-bond donors (Lipinski definition) is 2. The molecule has 0 unspecified atom stereocenters. The fourth-order valence-corrected chi connectivity index (χ4v) is 4.79. The van der Waals surface area contributed by atoms with Crippen LogP contribution in [0.3, 0.4) is 0 Å². The first kappa shape index (κ1) is 18.3. The molecule has 1 aliphatic carbocycles. The molecule has 0 spiro atoms. The van der Waals surface area contributed by atoms with Gasteiger partial charge < -0.3 is 5.32 Å². The predicted octanol–water partition coefficient (Wildman–Crippen LogP) is 2.36. The lowest BCUT2D eigenvalue weighted by atomic mass is 9.88. The second-order valence-corrected chi connectivity index (χ2v) is 9.25. The van der Waals surface area contributed by atoms with Crippen molar-refractivity contribution in [2.45, 2.75) is 63.2 Å². The lowest BCUT2D eigenvalue weighted by molar-refractivity contribution is 0.395. The summed E-state index contributed by atoms with van der Waals surface area (Å²) in [4.78, 5) is 0. The maximum absolute atomic E-state index is 12.0. The summed E-state index contributed by atoms with van der Waals surface area (Å²) in [5.74, 6) is 0.219. The molecule has 4 nitrogen and oxygen atoms in total. The molecule has 0 bridgehead atoms. The van der Waals surface area contributed by atoms with Crippen LogP contribution in [0.2, 0.25) is 0 Å². The standard InChI is InChI=1S/C14H30N2O2S2/c1-13(2)15-10-7-11-20(17,18)16-12-14(19-3)8-5-4-6-9-14/h13,15-16H,4-12H2,1-3H3. The van der Waals surface area contributed by atoms with Crippen molar-refractivity contribution in [2.24, 2.45) is 0 Å². The molecule has 1 fully saturated rings. The maximum atomic E-state index is 12.0. The smallest absolute Gasteiger partial charge is 0.211 e. The van der Waals surface area contributed by atoms with Crippen LogP contribution in [0.5, 0.6) is 0 Å². The van der Waals surface area contributed by atoms with Gasteiger partial charge in [0, 0.05) is 17.3 Å². The highest BCUT2D eigenvalue weighted by Crippen LogP contribution is 2.38. The van der Waals surface area contributed by atoms with Crippen LogP contribution in [0.4, 0.5) is 0 Å². The van der Waals surface area contributed by atoms with E-state index >= 15 is 0 Å². The Morgan fingerprint density at radius 1 is 1.20 bits per heavy atom. The molecule has 1 rings (SSSR count). The van der Waals surface area contributed by atoms with Crippen LogP contribution in [0.15, 0.2) is 0 Å². The van der Waals surface area contributed by atoms with Crippen molar-refractivity contribution in [2.75, 3.05) is 25.1 Å². The summed E-state index contributed by atoms with van der Waals surface area (Å²) in [5.41, 5.74) is 0. The highest BCUT2D eigenvalue weighted by Gasteiger charge is 2.32. The second-order valence-electron chi connectivity index (χ2n) is 6.05. The molecule has 0 aromatic rings. The van der Waals surface area contributed by atoms with E-state index in [1.54, 1.807) is 0 Å². The fraction of sp³-hybridized carbons (Fsp3) is 1.00. The van der Waals surface area contributed by atoms with Gasteiger partial charge in [0.1, 0.15) is 0 Å². The van der Waals surface area contributed by atoms with Crippen molar-refractivity contribution < 1.29 is 8.42 Å². The first-order valence-electron chi connectivity index (χ1n) is 7.65. The minimum Gasteiger partial charge on any atom is -0.314 e. The molecule has 1 saturated carbocycles. The molecule has 2 N–H and O–H groups in total. The summed E-state index contributed by atoms with van der Waals surface area (Å²) in [6.45, 7) is 5.48. The quantitative estimate of drug-likeness (QED) is 0.640. The third-order valence-electron chi connectivity index (χ3n) is 3.95. The van der Waals surface area contributed by atoms with Crippen molar-refractivity contribution in [3.05, 3.63) is 0 Å². The maximum Gasteiger partial charge on any atom is 0.211 e. The predicted molar refractivity (Wildman–Crippen MR) is 88.9 cm³/mol. The van der Waals surface area contributed by atoms with Crippen LogP contribution >= 0.6 is 11.8 Å². The largest absolute Gasteiger partial charge is 0.314 e. The Morgan fingerprint density at radius 2 is 1.85 bits per heavy atom. The van der Waals surface area contributed by atoms with E-state index in [1.165, 1.54) is 19.3 Å². The first-order chi connectivity index (χ1) is 9.39. The Labute approximate surface area is 128 Å². The third-order valence-corrected chi connectivity index (χ3v) is 6.78. The van der Waals surface area contributed by atoms with E-state index in [9.17, 15) is 8.42 Å². The summed E-state index contributed by atoms with van der Waals surface area (Å²) < 4.78 is 27.0.